The lowest BCUT2D eigenvalue weighted by atomic mass is 10.2. The molecule has 2 rings (SSSR count). The first-order chi connectivity index (χ1) is 9.31. The molecule has 0 saturated carbocycles. The highest BCUT2D eigenvalue weighted by Crippen LogP contribution is 2.15. The van der Waals surface area contributed by atoms with Gasteiger partial charge in [-0.25, -0.2) is 0 Å². The van der Waals surface area contributed by atoms with E-state index in [1.807, 2.05) is 30.3 Å². The minimum Gasteiger partial charge on any atom is -0.507 e. The first-order valence-electron chi connectivity index (χ1n) is 5.78. The normalized spacial score (nSPS) is 11.2. The molecule has 4 heteroatoms. The molecule has 0 aliphatic carbocycles. The van der Waals surface area contributed by atoms with E-state index in [1.54, 1.807) is 31.5 Å². The number of phenolic OH excluding ortho intramolecular Hbond substituents is 1. The second-order valence-electron chi connectivity index (χ2n) is 3.79. The van der Waals surface area contributed by atoms with Gasteiger partial charge in [0.15, 0.2) is 0 Å². The Bertz CT molecular complexity index is 607. The highest BCUT2D eigenvalue weighted by atomic mass is 16.5. The van der Waals surface area contributed by atoms with E-state index < -0.39 is 0 Å². The molecule has 0 fully saturated rings. The third-order valence-electron chi connectivity index (χ3n) is 2.54. The van der Waals surface area contributed by atoms with Crippen LogP contribution in [0.15, 0.2) is 58.7 Å². The summed E-state index contributed by atoms with van der Waals surface area (Å²) in [5, 5.41) is 17.4. The summed E-state index contributed by atoms with van der Waals surface area (Å²) in [7, 11) is 1.61. The summed E-state index contributed by atoms with van der Waals surface area (Å²) in [5.41, 5.74) is 1.47. The van der Waals surface area contributed by atoms with Crippen molar-refractivity contribution in [1.29, 1.82) is 0 Å². The van der Waals surface area contributed by atoms with Crippen molar-refractivity contribution in [3.05, 3.63) is 59.7 Å². The first kappa shape index (κ1) is 12.8. The van der Waals surface area contributed by atoms with Crippen molar-refractivity contribution in [2.24, 2.45) is 10.2 Å². The molecule has 4 nitrogen and oxygen atoms in total. The van der Waals surface area contributed by atoms with Crippen molar-refractivity contribution < 1.29 is 9.84 Å². The van der Waals surface area contributed by atoms with E-state index >= 15 is 0 Å². The van der Waals surface area contributed by atoms with Gasteiger partial charge in [0.25, 0.3) is 0 Å². The molecular formula is C15H14N2O2. The van der Waals surface area contributed by atoms with Crippen LogP contribution in [0.1, 0.15) is 11.1 Å². The number of para-hydroxylation sites is 2. The molecule has 0 atom stereocenters. The van der Waals surface area contributed by atoms with Gasteiger partial charge in [-0.1, -0.05) is 24.3 Å². The van der Waals surface area contributed by atoms with Gasteiger partial charge in [-0.05, 0) is 24.3 Å². The van der Waals surface area contributed by atoms with Gasteiger partial charge in [0.05, 0.1) is 19.5 Å². The minimum absolute atomic E-state index is 0.179. The number of aromatic hydroxyl groups is 1. The van der Waals surface area contributed by atoms with E-state index in [-0.39, 0.29) is 5.75 Å². The average Bonchev–Trinajstić information content (AvgIpc) is 2.45. The maximum Gasteiger partial charge on any atom is 0.127 e. The van der Waals surface area contributed by atoms with Crippen LogP contribution < -0.4 is 4.74 Å². The van der Waals surface area contributed by atoms with Crippen molar-refractivity contribution in [3.8, 4) is 11.5 Å². The van der Waals surface area contributed by atoms with Crippen LogP contribution in [0.4, 0.5) is 0 Å². The lowest BCUT2D eigenvalue weighted by molar-refractivity contribution is 0.414. The highest BCUT2D eigenvalue weighted by Gasteiger charge is 1.97. The van der Waals surface area contributed by atoms with Gasteiger partial charge in [0.2, 0.25) is 0 Å². The van der Waals surface area contributed by atoms with Crippen molar-refractivity contribution in [3.63, 3.8) is 0 Å². The van der Waals surface area contributed by atoms with Crippen molar-refractivity contribution in [1.82, 2.24) is 0 Å². The largest absolute Gasteiger partial charge is 0.507 e. The predicted octanol–water partition coefficient (Wildman–Crippen LogP) is 2.85. The number of benzene rings is 2. The molecule has 19 heavy (non-hydrogen) atoms. The monoisotopic (exact) mass is 254 g/mol. The zero-order chi connectivity index (χ0) is 13.5. The molecule has 0 heterocycles. The maximum atomic E-state index is 9.55. The number of rotatable bonds is 4. The molecule has 0 amide bonds. The van der Waals surface area contributed by atoms with Crippen molar-refractivity contribution in [2.75, 3.05) is 7.11 Å². The molecule has 2 aromatic rings. The van der Waals surface area contributed by atoms with E-state index in [0.29, 0.717) is 5.56 Å². The topological polar surface area (TPSA) is 54.2 Å². The van der Waals surface area contributed by atoms with Gasteiger partial charge in [0.1, 0.15) is 11.5 Å². The Morgan fingerprint density at radius 1 is 0.895 bits per heavy atom. The Morgan fingerprint density at radius 2 is 1.47 bits per heavy atom. The molecule has 0 aromatic heterocycles. The van der Waals surface area contributed by atoms with E-state index in [9.17, 15) is 5.11 Å². The number of hydrogen-bond donors (Lipinski definition) is 1. The van der Waals surface area contributed by atoms with Gasteiger partial charge in [-0.3, -0.25) is 0 Å². The third-order valence-corrected chi connectivity index (χ3v) is 2.54. The SMILES string of the molecule is COc1ccccc1/C=N/N=C\c1ccccc1O. The number of hydrogen-bond acceptors (Lipinski definition) is 4. The second kappa shape index (κ2) is 6.35. The summed E-state index contributed by atoms with van der Waals surface area (Å²) in [6, 6.07) is 14.5. The number of ether oxygens (including phenoxy) is 1. The Balaban J connectivity index is 2.10. The molecule has 0 bridgehead atoms. The number of phenols is 1. The molecule has 0 saturated heterocycles. The van der Waals surface area contributed by atoms with Crippen LogP contribution >= 0.6 is 0 Å². The van der Waals surface area contributed by atoms with Crippen LogP contribution in [0.25, 0.3) is 0 Å². The maximum absolute atomic E-state index is 9.55. The number of nitrogens with zero attached hydrogens (tertiary/aromatic N) is 2. The molecule has 2 aromatic carbocycles. The fraction of sp³-hybridized carbons (Fsp3) is 0.0667. The van der Waals surface area contributed by atoms with Crippen LogP contribution in [0, 0.1) is 0 Å². The van der Waals surface area contributed by atoms with Crippen molar-refractivity contribution in [2.45, 2.75) is 0 Å². The molecule has 96 valence electrons. The second-order valence-corrected chi connectivity index (χ2v) is 3.79. The fourth-order valence-corrected chi connectivity index (χ4v) is 1.56. The van der Waals surface area contributed by atoms with Crippen LogP contribution in [0.2, 0.25) is 0 Å². The average molecular weight is 254 g/mol. The minimum atomic E-state index is 0.179. The van der Waals surface area contributed by atoms with E-state index in [4.69, 9.17) is 4.74 Å². The third kappa shape index (κ3) is 3.42. The summed E-state index contributed by atoms with van der Waals surface area (Å²) in [6.07, 6.45) is 3.11. The van der Waals surface area contributed by atoms with E-state index in [0.717, 1.165) is 11.3 Å². The van der Waals surface area contributed by atoms with E-state index in [1.165, 1.54) is 6.21 Å². The smallest absolute Gasteiger partial charge is 0.127 e. The molecule has 0 aliphatic rings. The summed E-state index contributed by atoms with van der Waals surface area (Å²) in [6.45, 7) is 0. The summed E-state index contributed by atoms with van der Waals surface area (Å²) in [4.78, 5) is 0. The Morgan fingerprint density at radius 3 is 2.16 bits per heavy atom. The van der Waals surface area contributed by atoms with Crippen molar-refractivity contribution >= 4 is 12.4 Å². The number of methoxy groups -OCH3 is 1. The lowest BCUT2D eigenvalue weighted by Gasteiger charge is -2.01. The lowest BCUT2D eigenvalue weighted by Crippen LogP contribution is -1.89. The van der Waals surface area contributed by atoms with Crippen LogP contribution in [-0.4, -0.2) is 24.6 Å². The molecule has 1 N–H and O–H groups in total. The fourth-order valence-electron chi connectivity index (χ4n) is 1.56. The van der Waals surface area contributed by atoms with Gasteiger partial charge in [-0.2, -0.15) is 10.2 Å². The highest BCUT2D eigenvalue weighted by molar-refractivity contribution is 5.86. The van der Waals surface area contributed by atoms with Gasteiger partial charge < -0.3 is 9.84 Å². The van der Waals surface area contributed by atoms with Gasteiger partial charge in [0, 0.05) is 11.1 Å². The predicted molar refractivity (Wildman–Crippen MR) is 76.3 cm³/mol. The molecule has 0 aliphatic heterocycles. The quantitative estimate of drug-likeness (QED) is 0.673. The first-order valence-corrected chi connectivity index (χ1v) is 5.78. The summed E-state index contributed by atoms with van der Waals surface area (Å²) < 4.78 is 5.20. The van der Waals surface area contributed by atoms with Crippen LogP contribution in [0.5, 0.6) is 11.5 Å². The Labute approximate surface area is 111 Å². The van der Waals surface area contributed by atoms with Crippen LogP contribution in [0.3, 0.4) is 0 Å². The Hall–Kier alpha value is -2.62. The molecular weight excluding hydrogens is 240 g/mol. The zero-order valence-electron chi connectivity index (χ0n) is 10.5. The van der Waals surface area contributed by atoms with E-state index in [2.05, 4.69) is 10.2 Å². The van der Waals surface area contributed by atoms with Crippen LogP contribution in [-0.2, 0) is 0 Å². The molecule has 0 spiro atoms. The van der Waals surface area contributed by atoms with Gasteiger partial charge in [-0.15, -0.1) is 0 Å². The summed E-state index contributed by atoms with van der Waals surface area (Å²) >= 11 is 0. The zero-order valence-corrected chi connectivity index (χ0v) is 10.5. The summed E-state index contributed by atoms with van der Waals surface area (Å²) in [5.74, 6) is 0.919. The van der Waals surface area contributed by atoms with Gasteiger partial charge >= 0.3 is 0 Å². The molecule has 0 unspecified atom stereocenters. The molecule has 0 radical (unpaired) electrons. The Kier molecular flexibility index (Phi) is 4.29. The standard InChI is InChI=1S/C15H14N2O2/c1-19-15-9-5-3-7-13(15)11-17-16-10-12-6-2-4-8-14(12)18/h2-11,18H,1H3/b16-10-,17-11+.